The van der Waals surface area contributed by atoms with E-state index in [0.29, 0.717) is 24.5 Å². The molecule has 1 unspecified atom stereocenters. The Bertz CT molecular complexity index is 1050. The van der Waals surface area contributed by atoms with Crippen LogP contribution < -0.4 is 5.32 Å². The Balaban J connectivity index is 1.49. The first-order chi connectivity index (χ1) is 14.8. The highest BCUT2D eigenvalue weighted by Gasteiger charge is 2.32. The fraction of sp³-hybridized carbons (Fsp3) is 0.368. The van der Waals surface area contributed by atoms with E-state index in [1.54, 1.807) is 23.2 Å². The van der Waals surface area contributed by atoms with Gasteiger partial charge in [0.15, 0.2) is 5.82 Å². The Morgan fingerprint density at radius 1 is 1.23 bits per heavy atom. The molecular formula is C19H19F3N8O. The highest BCUT2D eigenvalue weighted by atomic mass is 19.4. The van der Waals surface area contributed by atoms with Crippen LogP contribution >= 0.6 is 0 Å². The van der Waals surface area contributed by atoms with Gasteiger partial charge >= 0.3 is 6.18 Å². The molecule has 12 heteroatoms. The number of piperidine rings is 1. The van der Waals surface area contributed by atoms with E-state index in [-0.39, 0.29) is 17.9 Å². The first-order valence-corrected chi connectivity index (χ1v) is 9.60. The van der Waals surface area contributed by atoms with Gasteiger partial charge in [-0.2, -0.15) is 13.2 Å². The minimum absolute atomic E-state index is 0.0904. The molecule has 0 saturated carbocycles. The van der Waals surface area contributed by atoms with Crippen molar-refractivity contribution >= 4 is 11.9 Å². The molecule has 1 fully saturated rings. The quantitative estimate of drug-likeness (QED) is 0.676. The molecule has 31 heavy (non-hydrogen) atoms. The molecule has 0 aromatic carbocycles. The van der Waals surface area contributed by atoms with E-state index >= 15 is 0 Å². The SMILES string of the molecule is Cc1ccc(C(=O)N2CCCC(Nc3ncc(C(F)(F)F)cn3)C2)c(-n2ccnn2)n1. The van der Waals surface area contributed by atoms with Gasteiger partial charge in [-0.25, -0.2) is 19.6 Å². The Hall–Kier alpha value is -3.57. The topological polar surface area (TPSA) is 102 Å². The lowest BCUT2D eigenvalue weighted by atomic mass is 10.0. The molecule has 162 valence electrons. The minimum atomic E-state index is -4.49. The van der Waals surface area contributed by atoms with Gasteiger partial charge in [0, 0.05) is 37.2 Å². The second kappa shape index (κ2) is 8.28. The van der Waals surface area contributed by atoms with Crippen molar-refractivity contribution in [2.45, 2.75) is 32.0 Å². The lowest BCUT2D eigenvalue weighted by Gasteiger charge is -2.33. The second-order valence-electron chi connectivity index (χ2n) is 7.20. The highest BCUT2D eigenvalue weighted by Crippen LogP contribution is 2.28. The molecule has 1 aliphatic rings. The van der Waals surface area contributed by atoms with Crippen molar-refractivity contribution in [1.82, 2.24) is 34.8 Å². The molecule has 3 aromatic rings. The second-order valence-corrected chi connectivity index (χ2v) is 7.20. The Morgan fingerprint density at radius 3 is 2.68 bits per heavy atom. The van der Waals surface area contributed by atoms with Crippen LogP contribution in [-0.4, -0.2) is 59.9 Å². The van der Waals surface area contributed by atoms with Crippen molar-refractivity contribution in [1.29, 1.82) is 0 Å². The molecule has 0 bridgehead atoms. The largest absolute Gasteiger partial charge is 0.419 e. The average molecular weight is 432 g/mol. The zero-order valence-electron chi connectivity index (χ0n) is 16.5. The predicted molar refractivity (Wildman–Crippen MR) is 103 cm³/mol. The molecule has 0 radical (unpaired) electrons. The summed E-state index contributed by atoms with van der Waals surface area (Å²) < 4.78 is 39.5. The van der Waals surface area contributed by atoms with Crippen LogP contribution in [-0.2, 0) is 6.18 Å². The van der Waals surface area contributed by atoms with Gasteiger partial charge in [0.25, 0.3) is 5.91 Å². The molecule has 1 amide bonds. The van der Waals surface area contributed by atoms with Gasteiger partial charge in [0.2, 0.25) is 5.95 Å². The average Bonchev–Trinajstić information content (AvgIpc) is 3.28. The molecule has 1 N–H and O–H groups in total. The first kappa shape index (κ1) is 20.7. The van der Waals surface area contributed by atoms with Crippen LogP contribution in [0.25, 0.3) is 5.82 Å². The van der Waals surface area contributed by atoms with E-state index in [1.807, 2.05) is 6.92 Å². The lowest BCUT2D eigenvalue weighted by Crippen LogP contribution is -2.45. The number of carbonyl (C=O) groups is 1. The van der Waals surface area contributed by atoms with Gasteiger partial charge in [-0.15, -0.1) is 5.10 Å². The number of anilines is 1. The zero-order valence-corrected chi connectivity index (χ0v) is 16.5. The van der Waals surface area contributed by atoms with E-state index < -0.39 is 11.7 Å². The van der Waals surface area contributed by atoms with Crippen LogP contribution in [0.1, 0.15) is 34.5 Å². The molecular weight excluding hydrogens is 413 g/mol. The number of likely N-dealkylation sites (tertiary alicyclic amines) is 1. The molecule has 0 aliphatic carbocycles. The van der Waals surface area contributed by atoms with Crippen LogP contribution in [0.4, 0.5) is 19.1 Å². The maximum atomic E-state index is 13.2. The number of hydrogen-bond donors (Lipinski definition) is 1. The van der Waals surface area contributed by atoms with Crippen molar-refractivity contribution in [2.24, 2.45) is 0 Å². The van der Waals surface area contributed by atoms with E-state index in [2.05, 4.69) is 30.6 Å². The van der Waals surface area contributed by atoms with Crippen molar-refractivity contribution in [3.05, 3.63) is 53.7 Å². The van der Waals surface area contributed by atoms with E-state index in [4.69, 9.17) is 0 Å². The van der Waals surface area contributed by atoms with E-state index in [0.717, 1.165) is 30.9 Å². The number of aryl methyl sites for hydroxylation is 1. The zero-order chi connectivity index (χ0) is 22.0. The number of nitrogens with zero attached hydrogens (tertiary/aromatic N) is 7. The Morgan fingerprint density at radius 2 is 2.00 bits per heavy atom. The van der Waals surface area contributed by atoms with E-state index in [9.17, 15) is 18.0 Å². The summed E-state index contributed by atoms with van der Waals surface area (Å²) in [5, 5.41) is 10.7. The third kappa shape index (κ3) is 4.62. The van der Waals surface area contributed by atoms with Gasteiger partial charge in [0.05, 0.1) is 23.5 Å². The van der Waals surface area contributed by atoms with Crippen molar-refractivity contribution < 1.29 is 18.0 Å². The Kier molecular flexibility index (Phi) is 5.53. The van der Waals surface area contributed by atoms with Crippen molar-refractivity contribution in [3.63, 3.8) is 0 Å². The van der Waals surface area contributed by atoms with Crippen LogP contribution in [0.3, 0.4) is 0 Å². The lowest BCUT2D eigenvalue weighted by molar-refractivity contribution is -0.138. The maximum Gasteiger partial charge on any atom is 0.419 e. The number of hydrogen-bond acceptors (Lipinski definition) is 7. The van der Waals surface area contributed by atoms with Crippen molar-refractivity contribution in [2.75, 3.05) is 18.4 Å². The van der Waals surface area contributed by atoms with Gasteiger partial charge < -0.3 is 10.2 Å². The molecule has 1 saturated heterocycles. The monoisotopic (exact) mass is 432 g/mol. The molecule has 4 heterocycles. The minimum Gasteiger partial charge on any atom is -0.350 e. The number of alkyl halides is 3. The van der Waals surface area contributed by atoms with E-state index in [1.165, 1.54) is 10.9 Å². The number of amides is 1. The van der Waals surface area contributed by atoms with Gasteiger partial charge in [-0.05, 0) is 31.9 Å². The summed E-state index contributed by atoms with van der Waals surface area (Å²) in [7, 11) is 0. The molecule has 4 rings (SSSR count). The number of aromatic nitrogens is 6. The first-order valence-electron chi connectivity index (χ1n) is 9.60. The highest BCUT2D eigenvalue weighted by molar-refractivity contribution is 5.97. The summed E-state index contributed by atoms with van der Waals surface area (Å²) in [6.45, 7) is 2.73. The number of halogens is 3. The third-order valence-corrected chi connectivity index (χ3v) is 4.91. The van der Waals surface area contributed by atoms with Crippen LogP contribution in [0.5, 0.6) is 0 Å². The number of nitrogens with one attached hydrogen (secondary N) is 1. The number of carbonyl (C=O) groups excluding carboxylic acids is 1. The standard InChI is InChI=1S/C19H19F3N8O/c1-12-4-5-15(16(26-12)30-8-6-25-28-30)17(31)29-7-2-3-14(11-29)27-18-23-9-13(10-24-18)19(20,21)22/h4-6,8-10,14H,2-3,7,11H2,1H3,(H,23,24,27). The summed E-state index contributed by atoms with van der Waals surface area (Å²) in [4.78, 5) is 26.8. The van der Waals surface area contributed by atoms with Crippen LogP contribution in [0.2, 0.25) is 0 Å². The van der Waals surface area contributed by atoms with Gasteiger partial charge in [-0.3, -0.25) is 4.79 Å². The third-order valence-electron chi connectivity index (χ3n) is 4.91. The number of pyridine rings is 1. The summed E-state index contributed by atoms with van der Waals surface area (Å²) >= 11 is 0. The maximum absolute atomic E-state index is 13.2. The predicted octanol–water partition coefficient (Wildman–Crippen LogP) is 2.50. The van der Waals surface area contributed by atoms with Crippen LogP contribution in [0.15, 0.2) is 36.9 Å². The Labute approximate surface area is 175 Å². The summed E-state index contributed by atoms with van der Waals surface area (Å²) in [5.41, 5.74) is 0.216. The smallest absolute Gasteiger partial charge is 0.350 e. The van der Waals surface area contributed by atoms with Gasteiger partial charge in [0.1, 0.15) is 0 Å². The van der Waals surface area contributed by atoms with Crippen molar-refractivity contribution in [3.8, 4) is 5.82 Å². The molecule has 1 aliphatic heterocycles. The van der Waals surface area contributed by atoms with Gasteiger partial charge in [-0.1, -0.05) is 5.21 Å². The molecule has 3 aromatic heterocycles. The summed E-state index contributed by atoms with van der Waals surface area (Å²) in [6, 6.07) is 3.27. The summed E-state index contributed by atoms with van der Waals surface area (Å²) in [6.07, 6.45) is 1.56. The fourth-order valence-corrected chi connectivity index (χ4v) is 3.39. The molecule has 1 atom stereocenters. The molecule has 0 spiro atoms. The van der Waals surface area contributed by atoms with Crippen LogP contribution in [0, 0.1) is 6.92 Å². The fourth-order valence-electron chi connectivity index (χ4n) is 3.39. The number of rotatable bonds is 4. The molecule has 9 nitrogen and oxygen atoms in total. The summed E-state index contributed by atoms with van der Waals surface area (Å²) in [5.74, 6) is 0.272. The normalized spacial score (nSPS) is 16.9.